The van der Waals surface area contributed by atoms with Crippen molar-refractivity contribution in [2.75, 3.05) is 30.2 Å². The van der Waals surface area contributed by atoms with Crippen LogP contribution in [0, 0.1) is 0 Å². The fraction of sp³-hybridized carbons (Fsp3) is 0.269. The Morgan fingerprint density at radius 2 is 1.41 bits per heavy atom. The second kappa shape index (κ2) is 11.3. The predicted molar refractivity (Wildman–Crippen MR) is 142 cm³/mol. The van der Waals surface area contributed by atoms with Gasteiger partial charge in [0.2, 0.25) is 10.0 Å². The van der Waals surface area contributed by atoms with E-state index in [-0.39, 0.29) is 21.1 Å². The number of para-hydroxylation sites is 1. The maximum atomic E-state index is 13.2. The molecule has 196 valence electrons. The van der Waals surface area contributed by atoms with E-state index < -0.39 is 26.0 Å². The molecule has 2 N–H and O–H groups in total. The Morgan fingerprint density at radius 1 is 0.784 bits per heavy atom. The highest BCUT2D eigenvalue weighted by molar-refractivity contribution is 7.92. The van der Waals surface area contributed by atoms with Gasteiger partial charge in [0.25, 0.3) is 15.9 Å². The Bertz CT molecular complexity index is 1450. The van der Waals surface area contributed by atoms with E-state index >= 15 is 0 Å². The number of methoxy groups -OCH3 is 1. The van der Waals surface area contributed by atoms with Crippen molar-refractivity contribution in [2.45, 2.75) is 35.5 Å². The number of ether oxygens (including phenoxy) is 1. The zero-order chi connectivity index (χ0) is 26.5. The summed E-state index contributed by atoms with van der Waals surface area (Å²) in [5.74, 6) is -0.360. The Hall–Kier alpha value is -3.41. The molecule has 11 heteroatoms. The highest BCUT2D eigenvalue weighted by Crippen LogP contribution is 2.27. The summed E-state index contributed by atoms with van der Waals surface area (Å²) < 4.78 is 61.0. The lowest BCUT2D eigenvalue weighted by Gasteiger charge is -2.20. The first-order valence-electron chi connectivity index (χ1n) is 11.9. The molecule has 0 aliphatic carbocycles. The Kier molecular flexibility index (Phi) is 8.16. The molecule has 1 saturated heterocycles. The van der Waals surface area contributed by atoms with Gasteiger partial charge in [0.1, 0.15) is 5.75 Å². The average Bonchev–Trinajstić information content (AvgIpc) is 3.19. The van der Waals surface area contributed by atoms with E-state index in [9.17, 15) is 21.6 Å². The molecule has 0 saturated carbocycles. The standard InChI is InChI=1S/C26H29N3O6S2/c1-35-25-16-15-23(37(33,34)29-17-7-2-3-8-18-29)19-24(25)26(30)27-20-11-13-22(14-12-20)36(31,32)28-21-9-5-4-6-10-21/h4-6,9-16,19,28H,2-3,7-8,17-18H2,1H3,(H,27,30). The van der Waals surface area contributed by atoms with Gasteiger partial charge in [-0.15, -0.1) is 0 Å². The number of hydrogen-bond donors (Lipinski definition) is 2. The van der Waals surface area contributed by atoms with Crippen molar-refractivity contribution in [3.63, 3.8) is 0 Å². The van der Waals surface area contributed by atoms with Crippen LogP contribution in [0.1, 0.15) is 36.0 Å². The van der Waals surface area contributed by atoms with Gasteiger partial charge in [-0.3, -0.25) is 9.52 Å². The molecule has 3 aromatic carbocycles. The molecule has 1 amide bonds. The van der Waals surface area contributed by atoms with Crippen molar-refractivity contribution < 1.29 is 26.4 Å². The predicted octanol–water partition coefficient (Wildman–Crippen LogP) is 4.31. The van der Waals surface area contributed by atoms with Crippen molar-refractivity contribution >= 4 is 37.3 Å². The Labute approximate surface area is 217 Å². The lowest BCUT2D eigenvalue weighted by molar-refractivity contribution is 0.102. The van der Waals surface area contributed by atoms with Crippen molar-refractivity contribution in [3.05, 3.63) is 78.4 Å². The van der Waals surface area contributed by atoms with E-state index in [2.05, 4.69) is 10.0 Å². The Balaban J connectivity index is 1.53. The third-order valence-electron chi connectivity index (χ3n) is 6.07. The fourth-order valence-corrected chi connectivity index (χ4v) is 6.69. The van der Waals surface area contributed by atoms with Crippen LogP contribution in [0.3, 0.4) is 0 Å². The molecular formula is C26H29N3O6S2. The molecule has 4 rings (SSSR count). The summed E-state index contributed by atoms with van der Waals surface area (Å²) in [6.07, 6.45) is 3.58. The summed E-state index contributed by atoms with van der Waals surface area (Å²) in [5.41, 5.74) is 0.828. The molecule has 1 heterocycles. The normalized spacial score (nSPS) is 14.9. The number of amides is 1. The zero-order valence-corrected chi connectivity index (χ0v) is 22.0. The molecule has 37 heavy (non-hydrogen) atoms. The fourth-order valence-electron chi connectivity index (χ4n) is 4.09. The number of benzene rings is 3. The molecule has 1 fully saturated rings. The molecule has 0 spiro atoms. The molecule has 0 atom stereocenters. The monoisotopic (exact) mass is 543 g/mol. The molecule has 9 nitrogen and oxygen atoms in total. The summed E-state index contributed by atoms with van der Waals surface area (Å²) in [6.45, 7) is 0.897. The van der Waals surface area contributed by atoms with Crippen LogP contribution in [0.15, 0.2) is 82.6 Å². The quantitative estimate of drug-likeness (QED) is 0.437. The smallest absolute Gasteiger partial charge is 0.261 e. The molecular weight excluding hydrogens is 514 g/mol. The minimum absolute atomic E-state index is 0.0220. The van der Waals surface area contributed by atoms with Gasteiger partial charge in [0.05, 0.1) is 22.5 Å². The number of carbonyl (C=O) groups excluding carboxylic acids is 1. The van der Waals surface area contributed by atoms with Crippen LogP contribution < -0.4 is 14.8 Å². The van der Waals surface area contributed by atoms with Crippen molar-refractivity contribution in [1.82, 2.24) is 4.31 Å². The van der Waals surface area contributed by atoms with Gasteiger partial charge in [-0.05, 0) is 67.4 Å². The largest absolute Gasteiger partial charge is 0.496 e. The summed E-state index contributed by atoms with van der Waals surface area (Å²) in [7, 11) is -6.18. The van der Waals surface area contributed by atoms with Crippen LogP contribution in [0.2, 0.25) is 0 Å². The van der Waals surface area contributed by atoms with E-state index in [0.717, 1.165) is 25.7 Å². The van der Waals surface area contributed by atoms with E-state index in [4.69, 9.17) is 4.74 Å². The number of nitrogens with one attached hydrogen (secondary N) is 2. The molecule has 0 bridgehead atoms. The van der Waals surface area contributed by atoms with Gasteiger partial charge < -0.3 is 10.1 Å². The SMILES string of the molecule is COc1ccc(S(=O)(=O)N2CCCCCC2)cc1C(=O)Nc1ccc(S(=O)(=O)Nc2ccccc2)cc1. The van der Waals surface area contributed by atoms with Gasteiger partial charge in [0.15, 0.2) is 0 Å². The highest BCUT2D eigenvalue weighted by Gasteiger charge is 2.27. The van der Waals surface area contributed by atoms with Crippen LogP contribution in [0.4, 0.5) is 11.4 Å². The highest BCUT2D eigenvalue weighted by atomic mass is 32.2. The summed E-state index contributed by atoms with van der Waals surface area (Å²) in [4.78, 5) is 13.1. The van der Waals surface area contributed by atoms with E-state index in [1.807, 2.05) is 0 Å². The number of carbonyl (C=O) groups is 1. The number of anilines is 2. The minimum Gasteiger partial charge on any atom is -0.496 e. The van der Waals surface area contributed by atoms with Gasteiger partial charge in [0, 0.05) is 24.5 Å². The molecule has 0 radical (unpaired) electrons. The molecule has 3 aromatic rings. The number of sulfonamides is 2. The molecule has 1 aliphatic rings. The lowest BCUT2D eigenvalue weighted by Crippen LogP contribution is -2.32. The number of nitrogens with zero attached hydrogens (tertiary/aromatic N) is 1. The van der Waals surface area contributed by atoms with E-state index in [1.54, 1.807) is 30.3 Å². The van der Waals surface area contributed by atoms with Crippen molar-refractivity contribution in [3.8, 4) is 5.75 Å². The van der Waals surface area contributed by atoms with E-state index in [1.165, 1.54) is 53.9 Å². The molecule has 1 aliphatic heterocycles. The first-order valence-corrected chi connectivity index (χ1v) is 14.8. The number of hydrogen-bond acceptors (Lipinski definition) is 6. The molecule has 0 aromatic heterocycles. The minimum atomic E-state index is -3.81. The second-order valence-electron chi connectivity index (χ2n) is 8.63. The topological polar surface area (TPSA) is 122 Å². The van der Waals surface area contributed by atoms with Gasteiger partial charge >= 0.3 is 0 Å². The summed E-state index contributed by atoms with van der Waals surface area (Å²) in [5, 5.41) is 2.69. The van der Waals surface area contributed by atoms with Crippen molar-refractivity contribution in [1.29, 1.82) is 0 Å². The second-order valence-corrected chi connectivity index (χ2v) is 12.3. The van der Waals surface area contributed by atoms with Crippen LogP contribution in [0.25, 0.3) is 0 Å². The molecule has 0 unspecified atom stereocenters. The van der Waals surface area contributed by atoms with Crippen LogP contribution in [-0.2, 0) is 20.0 Å². The van der Waals surface area contributed by atoms with E-state index in [0.29, 0.717) is 24.5 Å². The first-order chi connectivity index (χ1) is 17.7. The lowest BCUT2D eigenvalue weighted by atomic mass is 10.2. The maximum absolute atomic E-state index is 13.2. The van der Waals surface area contributed by atoms with Gasteiger partial charge in [-0.25, -0.2) is 16.8 Å². The van der Waals surface area contributed by atoms with Crippen molar-refractivity contribution in [2.24, 2.45) is 0 Å². The van der Waals surface area contributed by atoms with Gasteiger partial charge in [-0.2, -0.15) is 4.31 Å². The van der Waals surface area contributed by atoms with Crippen LogP contribution in [0.5, 0.6) is 5.75 Å². The third-order valence-corrected chi connectivity index (χ3v) is 9.36. The number of rotatable bonds is 8. The Morgan fingerprint density at radius 3 is 2.03 bits per heavy atom. The third kappa shape index (κ3) is 6.30. The summed E-state index contributed by atoms with van der Waals surface area (Å²) in [6, 6.07) is 18.4. The van der Waals surface area contributed by atoms with Crippen LogP contribution in [-0.4, -0.2) is 47.2 Å². The van der Waals surface area contributed by atoms with Crippen LogP contribution >= 0.6 is 0 Å². The zero-order valence-electron chi connectivity index (χ0n) is 20.4. The maximum Gasteiger partial charge on any atom is 0.261 e. The van der Waals surface area contributed by atoms with Gasteiger partial charge in [-0.1, -0.05) is 31.0 Å². The first kappa shape index (κ1) is 26.6. The summed E-state index contributed by atoms with van der Waals surface area (Å²) >= 11 is 0. The average molecular weight is 544 g/mol.